The number of piperidine rings is 1. The molecule has 1 aliphatic heterocycles. The van der Waals surface area contributed by atoms with Crippen LogP contribution >= 0.6 is 11.3 Å². The molecule has 3 heterocycles. The summed E-state index contributed by atoms with van der Waals surface area (Å²) in [4.78, 5) is 22.4. The summed E-state index contributed by atoms with van der Waals surface area (Å²) in [6, 6.07) is 0. The number of thiazole rings is 1. The average Bonchev–Trinajstić information content (AvgIpc) is 3.17. The van der Waals surface area contributed by atoms with Gasteiger partial charge in [0.15, 0.2) is 5.01 Å². The number of nitrogens with zero attached hydrogens (tertiary/aromatic N) is 4. The van der Waals surface area contributed by atoms with Gasteiger partial charge in [-0.2, -0.15) is 4.98 Å². The van der Waals surface area contributed by atoms with E-state index in [1.807, 2.05) is 26.2 Å². The van der Waals surface area contributed by atoms with Crippen molar-refractivity contribution in [2.24, 2.45) is 0 Å². The van der Waals surface area contributed by atoms with E-state index in [1.54, 1.807) is 11.1 Å². The predicted molar refractivity (Wildman–Crippen MR) is 85.2 cm³/mol. The zero-order valence-corrected chi connectivity index (χ0v) is 14.3. The zero-order chi connectivity index (χ0) is 16.4. The van der Waals surface area contributed by atoms with Crippen LogP contribution in [0.25, 0.3) is 10.8 Å². The maximum atomic E-state index is 12.1. The quantitative estimate of drug-likeness (QED) is 0.837. The fourth-order valence-electron chi connectivity index (χ4n) is 2.46. The fraction of sp³-hybridized carbons (Fsp3) is 0.600. The standard InChI is InChI=1S/C15H20N4O3S/c1-15(2,3)21-14(20)19-7-4-10(5-8-19)12-17-11(18-22-12)13-16-6-9-23-13/h6,9-10H,4-5,7-8H2,1-3H3. The Balaban J connectivity index is 1.58. The van der Waals surface area contributed by atoms with E-state index in [-0.39, 0.29) is 12.0 Å². The SMILES string of the molecule is CC(C)(C)OC(=O)N1CCC(c2nc(-c3nccs3)no2)CC1. The first kappa shape index (κ1) is 15.9. The monoisotopic (exact) mass is 336 g/mol. The van der Waals surface area contributed by atoms with E-state index in [2.05, 4.69) is 15.1 Å². The number of carbonyl (C=O) groups is 1. The van der Waals surface area contributed by atoms with Gasteiger partial charge in [-0.15, -0.1) is 11.3 Å². The molecule has 1 amide bonds. The van der Waals surface area contributed by atoms with Crippen LogP contribution in [-0.2, 0) is 4.74 Å². The first-order valence-corrected chi connectivity index (χ1v) is 8.52. The van der Waals surface area contributed by atoms with Crippen LogP contribution in [0, 0.1) is 0 Å². The zero-order valence-electron chi connectivity index (χ0n) is 13.5. The molecule has 0 saturated carbocycles. The number of aromatic nitrogens is 3. The third-order valence-corrected chi connectivity index (χ3v) is 4.33. The molecule has 2 aromatic rings. The summed E-state index contributed by atoms with van der Waals surface area (Å²) in [7, 11) is 0. The molecule has 0 radical (unpaired) electrons. The lowest BCUT2D eigenvalue weighted by Gasteiger charge is -2.32. The van der Waals surface area contributed by atoms with Gasteiger partial charge in [0.1, 0.15) is 5.60 Å². The molecular weight excluding hydrogens is 316 g/mol. The van der Waals surface area contributed by atoms with Gasteiger partial charge >= 0.3 is 6.09 Å². The molecule has 0 N–H and O–H groups in total. The molecule has 0 aromatic carbocycles. The van der Waals surface area contributed by atoms with E-state index in [4.69, 9.17) is 9.26 Å². The summed E-state index contributed by atoms with van der Waals surface area (Å²) in [5.74, 6) is 1.33. The van der Waals surface area contributed by atoms with Crippen molar-refractivity contribution in [2.75, 3.05) is 13.1 Å². The molecule has 2 aromatic heterocycles. The van der Waals surface area contributed by atoms with Crippen LogP contribution in [0.4, 0.5) is 4.79 Å². The van der Waals surface area contributed by atoms with E-state index in [9.17, 15) is 4.79 Å². The third-order valence-electron chi connectivity index (χ3n) is 3.56. The molecule has 124 valence electrons. The molecule has 8 heteroatoms. The summed E-state index contributed by atoms with van der Waals surface area (Å²) >= 11 is 1.48. The molecule has 1 fully saturated rings. The van der Waals surface area contributed by atoms with Gasteiger partial charge in [0.2, 0.25) is 11.7 Å². The Hall–Kier alpha value is -1.96. The number of amides is 1. The van der Waals surface area contributed by atoms with Gasteiger partial charge in [-0.1, -0.05) is 5.16 Å². The molecule has 0 atom stereocenters. The van der Waals surface area contributed by atoms with Crippen LogP contribution in [0.3, 0.4) is 0 Å². The number of ether oxygens (including phenoxy) is 1. The van der Waals surface area contributed by atoms with Crippen LogP contribution in [0.2, 0.25) is 0 Å². The number of rotatable bonds is 2. The molecule has 0 unspecified atom stereocenters. The summed E-state index contributed by atoms with van der Waals surface area (Å²) in [6.07, 6.45) is 3.04. The van der Waals surface area contributed by atoms with Crippen LogP contribution in [0.1, 0.15) is 45.4 Å². The van der Waals surface area contributed by atoms with E-state index < -0.39 is 5.60 Å². The Morgan fingerprint density at radius 2 is 2.13 bits per heavy atom. The Labute approximate surface area is 138 Å². The van der Waals surface area contributed by atoms with Crippen molar-refractivity contribution in [1.82, 2.24) is 20.0 Å². The molecule has 1 saturated heterocycles. The Morgan fingerprint density at radius 3 is 2.74 bits per heavy atom. The van der Waals surface area contributed by atoms with Crippen LogP contribution in [0.5, 0.6) is 0 Å². The number of likely N-dealkylation sites (tertiary alicyclic amines) is 1. The smallest absolute Gasteiger partial charge is 0.410 e. The van der Waals surface area contributed by atoms with Crippen molar-refractivity contribution in [3.63, 3.8) is 0 Å². The molecular formula is C15H20N4O3S. The van der Waals surface area contributed by atoms with E-state index in [0.29, 0.717) is 24.8 Å². The first-order chi connectivity index (χ1) is 10.9. The lowest BCUT2D eigenvalue weighted by molar-refractivity contribution is 0.0198. The average molecular weight is 336 g/mol. The topological polar surface area (TPSA) is 81.4 Å². The molecule has 1 aliphatic rings. The molecule has 23 heavy (non-hydrogen) atoms. The summed E-state index contributed by atoms with van der Waals surface area (Å²) < 4.78 is 10.8. The lowest BCUT2D eigenvalue weighted by Crippen LogP contribution is -2.41. The minimum atomic E-state index is -0.469. The molecule has 0 bridgehead atoms. The van der Waals surface area contributed by atoms with Gasteiger partial charge in [-0.25, -0.2) is 9.78 Å². The first-order valence-electron chi connectivity index (χ1n) is 7.64. The minimum Gasteiger partial charge on any atom is -0.444 e. The Morgan fingerprint density at radius 1 is 1.39 bits per heavy atom. The van der Waals surface area contributed by atoms with Crippen molar-refractivity contribution in [3.8, 4) is 10.8 Å². The van der Waals surface area contributed by atoms with E-state index in [0.717, 1.165) is 17.8 Å². The van der Waals surface area contributed by atoms with Crippen LogP contribution in [0.15, 0.2) is 16.1 Å². The largest absolute Gasteiger partial charge is 0.444 e. The highest BCUT2D eigenvalue weighted by molar-refractivity contribution is 7.12. The maximum Gasteiger partial charge on any atom is 0.410 e. The van der Waals surface area contributed by atoms with Gasteiger partial charge < -0.3 is 14.2 Å². The summed E-state index contributed by atoms with van der Waals surface area (Å²) in [6.45, 7) is 6.88. The molecule has 0 spiro atoms. The third kappa shape index (κ3) is 3.87. The van der Waals surface area contributed by atoms with Crippen molar-refractivity contribution in [1.29, 1.82) is 0 Å². The summed E-state index contributed by atoms with van der Waals surface area (Å²) in [5, 5.41) is 6.63. The number of hydrogen-bond acceptors (Lipinski definition) is 7. The van der Waals surface area contributed by atoms with Crippen molar-refractivity contribution >= 4 is 17.4 Å². The number of hydrogen-bond donors (Lipinski definition) is 0. The van der Waals surface area contributed by atoms with Crippen molar-refractivity contribution in [3.05, 3.63) is 17.5 Å². The maximum absolute atomic E-state index is 12.1. The lowest BCUT2D eigenvalue weighted by atomic mass is 9.97. The molecule has 3 rings (SSSR count). The van der Waals surface area contributed by atoms with Gasteiger partial charge in [0.25, 0.3) is 0 Å². The molecule has 7 nitrogen and oxygen atoms in total. The second-order valence-electron chi connectivity index (χ2n) is 6.54. The van der Waals surface area contributed by atoms with Gasteiger partial charge in [0, 0.05) is 30.6 Å². The van der Waals surface area contributed by atoms with Crippen molar-refractivity contribution < 1.29 is 14.1 Å². The second-order valence-corrected chi connectivity index (χ2v) is 7.43. The predicted octanol–water partition coefficient (Wildman–Crippen LogP) is 3.31. The summed E-state index contributed by atoms with van der Waals surface area (Å²) in [5.41, 5.74) is -0.469. The fourth-order valence-corrected chi connectivity index (χ4v) is 3.02. The second kappa shape index (κ2) is 6.27. The van der Waals surface area contributed by atoms with Crippen LogP contribution < -0.4 is 0 Å². The van der Waals surface area contributed by atoms with Gasteiger partial charge in [-0.3, -0.25) is 0 Å². The van der Waals surface area contributed by atoms with Crippen molar-refractivity contribution in [2.45, 2.75) is 45.1 Å². The normalized spacial score (nSPS) is 16.6. The highest BCUT2D eigenvalue weighted by Gasteiger charge is 2.30. The van der Waals surface area contributed by atoms with E-state index >= 15 is 0 Å². The molecule has 0 aliphatic carbocycles. The number of carbonyl (C=O) groups excluding carboxylic acids is 1. The van der Waals surface area contributed by atoms with Crippen LogP contribution in [-0.4, -0.2) is 44.8 Å². The van der Waals surface area contributed by atoms with Gasteiger partial charge in [-0.05, 0) is 33.6 Å². The Bertz CT molecular complexity index is 655. The minimum absolute atomic E-state index is 0.176. The Kier molecular flexibility index (Phi) is 4.34. The van der Waals surface area contributed by atoms with Gasteiger partial charge in [0.05, 0.1) is 0 Å². The highest BCUT2D eigenvalue weighted by atomic mass is 32.1. The highest BCUT2D eigenvalue weighted by Crippen LogP contribution is 2.29. The van der Waals surface area contributed by atoms with E-state index in [1.165, 1.54) is 11.3 Å².